The van der Waals surface area contributed by atoms with Crippen LogP contribution in [0.15, 0.2) is 62.5 Å². The number of ether oxygens (including phenoxy) is 1. The van der Waals surface area contributed by atoms with E-state index in [0.29, 0.717) is 24.1 Å². The fourth-order valence-corrected chi connectivity index (χ4v) is 2.34. The van der Waals surface area contributed by atoms with Crippen molar-refractivity contribution in [2.75, 3.05) is 6.61 Å². The summed E-state index contributed by atoms with van der Waals surface area (Å²) < 4.78 is 11.8. The second kappa shape index (κ2) is 5.89. The van der Waals surface area contributed by atoms with Gasteiger partial charge in [0, 0.05) is 0 Å². The minimum atomic E-state index is -0.670. The summed E-state index contributed by atoms with van der Waals surface area (Å²) in [6.45, 7) is 2.59. The molecule has 0 saturated heterocycles. The predicted molar refractivity (Wildman–Crippen MR) is 83.4 cm³/mol. The number of rotatable bonds is 4. The summed E-state index contributed by atoms with van der Waals surface area (Å²) in [5.74, 6) is 0.0753. The predicted octanol–water partition coefficient (Wildman–Crippen LogP) is 2.34. The molecule has 0 amide bonds. The zero-order valence-electron chi connectivity index (χ0n) is 12.1. The van der Waals surface area contributed by atoms with E-state index in [4.69, 9.17) is 9.15 Å². The Bertz CT molecular complexity index is 924. The summed E-state index contributed by atoms with van der Waals surface area (Å²) in [4.78, 5) is 23.6. The molecule has 0 atom stereocenters. The van der Waals surface area contributed by atoms with Gasteiger partial charge in [0.1, 0.15) is 12.4 Å². The summed E-state index contributed by atoms with van der Waals surface area (Å²) in [7, 11) is 0. The topological polar surface area (TPSA) is 61.4 Å². The van der Waals surface area contributed by atoms with E-state index in [1.54, 1.807) is 24.3 Å². The molecule has 0 spiro atoms. The first kappa shape index (κ1) is 14.1. The smallest absolute Gasteiger partial charge is 0.422 e. The standard InChI is InChI=1S/C17H15NO4/c1-12-5-4-6-13(11-12)21-10-9-18-15-8-3-2-7-14(15)16(19)22-17(18)20/h2-8,11H,9-10H2,1H3. The second-order valence-corrected chi connectivity index (χ2v) is 4.99. The fourth-order valence-electron chi connectivity index (χ4n) is 2.34. The maximum absolute atomic E-state index is 11.9. The molecule has 5 heteroatoms. The maximum atomic E-state index is 11.9. The zero-order valence-corrected chi connectivity index (χ0v) is 12.1. The van der Waals surface area contributed by atoms with Gasteiger partial charge in [0.05, 0.1) is 17.4 Å². The van der Waals surface area contributed by atoms with E-state index >= 15 is 0 Å². The molecule has 0 unspecified atom stereocenters. The molecule has 3 aromatic rings. The van der Waals surface area contributed by atoms with Crippen LogP contribution in [0.25, 0.3) is 10.9 Å². The minimum absolute atomic E-state index is 0.303. The third-order valence-corrected chi connectivity index (χ3v) is 3.39. The first-order valence-corrected chi connectivity index (χ1v) is 6.97. The molecule has 0 aliphatic carbocycles. The van der Waals surface area contributed by atoms with Gasteiger partial charge in [-0.05, 0) is 36.8 Å². The van der Waals surface area contributed by atoms with Crippen LogP contribution < -0.4 is 16.1 Å². The molecule has 112 valence electrons. The Morgan fingerprint density at radius 2 is 1.91 bits per heavy atom. The van der Waals surface area contributed by atoms with Crippen LogP contribution in [-0.2, 0) is 6.54 Å². The number of para-hydroxylation sites is 1. The van der Waals surface area contributed by atoms with Crippen LogP contribution >= 0.6 is 0 Å². The van der Waals surface area contributed by atoms with E-state index < -0.39 is 11.4 Å². The van der Waals surface area contributed by atoms with Crippen molar-refractivity contribution < 1.29 is 9.15 Å². The van der Waals surface area contributed by atoms with Crippen molar-refractivity contribution >= 4 is 10.9 Å². The van der Waals surface area contributed by atoms with Crippen LogP contribution in [0.2, 0.25) is 0 Å². The summed E-state index contributed by atoms with van der Waals surface area (Å²) in [6, 6.07) is 14.5. The van der Waals surface area contributed by atoms with Crippen molar-refractivity contribution in [1.29, 1.82) is 0 Å². The molecule has 0 aliphatic heterocycles. The van der Waals surface area contributed by atoms with Crippen molar-refractivity contribution in [3.63, 3.8) is 0 Å². The summed E-state index contributed by atoms with van der Waals surface area (Å²) in [5.41, 5.74) is 1.04. The van der Waals surface area contributed by atoms with Gasteiger partial charge in [-0.15, -0.1) is 0 Å². The first-order chi connectivity index (χ1) is 10.6. The number of hydrogen-bond acceptors (Lipinski definition) is 4. The van der Waals surface area contributed by atoms with Crippen LogP contribution in [0.3, 0.4) is 0 Å². The van der Waals surface area contributed by atoms with Crippen LogP contribution in [0.1, 0.15) is 5.56 Å². The Morgan fingerprint density at radius 3 is 2.73 bits per heavy atom. The van der Waals surface area contributed by atoms with Crippen molar-refractivity contribution in [1.82, 2.24) is 4.57 Å². The Morgan fingerprint density at radius 1 is 1.09 bits per heavy atom. The largest absolute Gasteiger partial charge is 0.492 e. The number of benzene rings is 2. The van der Waals surface area contributed by atoms with E-state index in [0.717, 1.165) is 11.3 Å². The molecule has 0 aliphatic rings. The van der Waals surface area contributed by atoms with Crippen LogP contribution in [-0.4, -0.2) is 11.2 Å². The van der Waals surface area contributed by atoms with Crippen molar-refractivity contribution in [3.8, 4) is 5.75 Å². The molecule has 22 heavy (non-hydrogen) atoms. The van der Waals surface area contributed by atoms with Gasteiger partial charge in [0.25, 0.3) is 0 Å². The summed E-state index contributed by atoms with van der Waals surface area (Å²) >= 11 is 0. The van der Waals surface area contributed by atoms with E-state index in [-0.39, 0.29) is 0 Å². The van der Waals surface area contributed by atoms with Gasteiger partial charge in [0.2, 0.25) is 0 Å². The molecule has 0 radical (unpaired) electrons. The summed E-state index contributed by atoms with van der Waals surface area (Å²) in [6.07, 6.45) is 0. The normalized spacial score (nSPS) is 10.8. The maximum Gasteiger partial charge on any atom is 0.422 e. The van der Waals surface area contributed by atoms with Gasteiger partial charge in [-0.2, -0.15) is 0 Å². The molecule has 0 bridgehead atoms. The zero-order chi connectivity index (χ0) is 15.5. The Balaban J connectivity index is 1.85. The number of aromatic nitrogens is 1. The van der Waals surface area contributed by atoms with Crippen LogP contribution in [0, 0.1) is 6.92 Å². The van der Waals surface area contributed by atoms with Gasteiger partial charge >= 0.3 is 11.4 Å². The number of nitrogens with zero attached hydrogens (tertiary/aromatic N) is 1. The number of fused-ring (bicyclic) bond motifs is 1. The molecule has 2 aromatic carbocycles. The molecule has 1 aromatic heterocycles. The lowest BCUT2D eigenvalue weighted by molar-refractivity contribution is 0.287. The third-order valence-electron chi connectivity index (χ3n) is 3.39. The molecule has 5 nitrogen and oxygen atoms in total. The fraction of sp³-hybridized carbons (Fsp3) is 0.176. The first-order valence-electron chi connectivity index (χ1n) is 6.97. The highest BCUT2D eigenvalue weighted by molar-refractivity contribution is 5.77. The highest BCUT2D eigenvalue weighted by Gasteiger charge is 2.08. The lowest BCUT2D eigenvalue weighted by atomic mass is 10.2. The van der Waals surface area contributed by atoms with Gasteiger partial charge in [-0.3, -0.25) is 4.57 Å². The highest BCUT2D eigenvalue weighted by atomic mass is 16.5. The second-order valence-electron chi connectivity index (χ2n) is 4.99. The van der Waals surface area contributed by atoms with E-state index in [1.165, 1.54) is 4.57 Å². The Labute approximate surface area is 126 Å². The SMILES string of the molecule is Cc1cccc(OCCn2c(=O)oc(=O)c3ccccc32)c1. The average molecular weight is 297 g/mol. The molecule has 0 fully saturated rings. The Kier molecular flexibility index (Phi) is 3.78. The molecule has 0 N–H and O–H groups in total. The van der Waals surface area contributed by atoms with Gasteiger partial charge in [-0.1, -0.05) is 24.3 Å². The number of aryl methyl sites for hydroxylation is 1. The molecular formula is C17H15NO4. The lowest BCUT2D eigenvalue weighted by Crippen LogP contribution is -2.27. The molecule has 0 saturated carbocycles. The van der Waals surface area contributed by atoms with E-state index in [2.05, 4.69) is 0 Å². The minimum Gasteiger partial charge on any atom is -0.492 e. The van der Waals surface area contributed by atoms with Crippen LogP contribution in [0.4, 0.5) is 0 Å². The van der Waals surface area contributed by atoms with Crippen LogP contribution in [0.5, 0.6) is 5.75 Å². The third kappa shape index (κ3) is 2.79. The monoisotopic (exact) mass is 297 g/mol. The quantitative estimate of drug-likeness (QED) is 0.741. The van der Waals surface area contributed by atoms with E-state index in [9.17, 15) is 9.59 Å². The molecular weight excluding hydrogens is 282 g/mol. The van der Waals surface area contributed by atoms with Gasteiger partial charge < -0.3 is 9.15 Å². The van der Waals surface area contributed by atoms with Gasteiger partial charge in [-0.25, -0.2) is 9.59 Å². The average Bonchev–Trinajstić information content (AvgIpc) is 2.51. The van der Waals surface area contributed by atoms with E-state index in [1.807, 2.05) is 31.2 Å². The van der Waals surface area contributed by atoms with Crippen molar-refractivity contribution in [3.05, 3.63) is 75.1 Å². The van der Waals surface area contributed by atoms with Crippen molar-refractivity contribution in [2.24, 2.45) is 0 Å². The lowest BCUT2D eigenvalue weighted by Gasteiger charge is -2.10. The highest BCUT2D eigenvalue weighted by Crippen LogP contribution is 2.12. The molecule has 3 rings (SSSR count). The van der Waals surface area contributed by atoms with Gasteiger partial charge in [0.15, 0.2) is 0 Å². The molecule has 1 heterocycles. The number of hydrogen-bond donors (Lipinski definition) is 0. The van der Waals surface area contributed by atoms with Crippen molar-refractivity contribution in [2.45, 2.75) is 13.5 Å². The Hall–Kier alpha value is -2.82. The summed E-state index contributed by atoms with van der Waals surface area (Å²) in [5, 5.41) is 0.387.